The summed E-state index contributed by atoms with van der Waals surface area (Å²) in [6.07, 6.45) is 0.387. The number of carboxylic acids is 1. The number of hydrogen-bond acceptors (Lipinski definition) is 5. The monoisotopic (exact) mass is 294 g/mol. The Morgan fingerprint density at radius 3 is 2.63 bits per heavy atom. The van der Waals surface area contributed by atoms with Gasteiger partial charge in [0.15, 0.2) is 9.84 Å². The number of rotatable bonds is 6. The largest absolute Gasteiger partial charge is 0.480 e. The first-order chi connectivity index (χ1) is 8.72. The first kappa shape index (κ1) is 15.7. The molecule has 0 radical (unpaired) electrons. The highest BCUT2D eigenvalue weighted by Crippen LogP contribution is 2.22. The molecule has 0 aromatic carbocycles. The average Bonchev–Trinajstić information content (AvgIpc) is 2.51. The number of carbonyl (C=O) groups excluding carboxylic acids is 1. The zero-order valence-corrected chi connectivity index (χ0v) is 11.5. The summed E-state index contributed by atoms with van der Waals surface area (Å²) in [5.41, 5.74) is -0.745. The molecule has 0 aliphatic carbocycles. The van der Waals surface area contributed by atoms with Crippen LogP contribution >= 0.6 is 0 Å². The molecule has 8 nitrogen and oxygen atoms in total. The van der Waals surface area contributed by atoms with Crippen LogP contribution < -0.4 is 10.6 Å². The molecule has 1 rings (SSSR count). The van der Waals surface area contributed by atoms with E-state index in [0.717, 1.165) is 0 Å². The fourth-order valence-electron chi connectivity index (χ4n) is 1.82. The second-order valence-electron chi connectivity index (χ2n) is 4.73. The first-order valence-electron chi connectivity index (χ1n) is 5.78. The van der Waals surface area contributed by atoms with E-state index in [0.29, 0.717) is 6.42 Å². The molecule has 1 aliphatic rings. The third-order valence-electron chi connectivity index (χ3n) is 2.68. The minimum Gasteiger partial charge on any atom is -0.480 e. The van der Waals surface area contributed by atoms with Crippen LogP contribution in [-0.4, -0.2) is 62.3 Å². The smallest absolute Gasteiger partial charge is 0.329 e. The summed E-state index contributed by atoms with van der Waals surface area (Å²) in [4.78, 5) is 21.7. The zero-order valence-electron chi connectivity index (χ0n) is 10.6. The Morgan fingerprint density at radius 1 is 1.42 bits per heavy atom. The van der Waals surface area contributed by atoms with Gasteiger partial charge in [-0.3, -0.25) is 0 Å². The van der Waals surface area contributed by atoms with E-state index in [1.54, 1.807) is 6.92 Å². The van der Waals surface area contributed by atoms with Crippen molar-refractivity contribution in [2.24, 2.45) is 0 Å². The number of sulfone groups is 1. The maximum absolute atomic E-state index is 11.5. The second kappa shape index (κ2) is 6.20. The molecule has 0 bridgehead atoms. The summed E-state index contributed by atoms with van der Waals surface area (Å²) in [6.45, 7) is 1.49. The van der Waals surface area contributed by atoms with Gasteiger partial charge in [0.1, 0.15) is 6.61 Å². The van der Waals surface area contributed by atoms with Gasteiger partial charge in [0.25, 0.3) is 0 Å². The molecule has 1 heterocycles. The van der Waals surface area contributed by atoms with Crippen molar-refractivity contribution in [2.45, 2.75) is 18.9 Å². The molecule has 1 fully saturated rings. The molecule has 0 aromatic heterocycles. The molecule has 3 N–H and O–H groups in total. The Labute approximate surface area is 111 Å². The van der Waals surface area contributed by atoms with Gasteiger partial charge in [0, 0.05) is 6.54 Å². The second-order valence-corrected chi connectivity index (χ2v) is 6.91. The van der Waals surface area contributed by atoms with Crippen LogP contribution in [0.3, 0.4) is 0 Å². The number of aliphatic carboxylic acids is 1. The van der Waals surface area contributed by atoms with Crippen LogP contribution in [-0.2, 0) is 19.4 Å². The summed E-state index contributed by atoms with van der Waals surface area (Å²) in [6, 6.07) is -0.487. The van der Waals surface area contributed by atoms with Crippen LogP contribution in [0.5, 0.6) is 0 Å². The number of nitrogens with one attached hydrogen (secondary N) is 2. The van der Waals surface area contributed by atoms with Crippen molar-refractivity contribution in [2.75, 3.05) is 31.3 Å². The molecule has 110 valence electrons. The molecule has 1 aliphatic heterocycles. The number of urea groups is 1. The molecule has 1 saturated heterocycles. The summed E-state index contributed by atoms with van der Waals surface area (Å²) in [7, 11) is -3.07. The van der Waals surface area contributed by atoms with E-state index in [1.165, 1.54) is 0 Å². The lowest BCUT2D eigenvalue weighted by Crippen LogP contribution is -2.51. The van der Waals surface area contributed by atoms with Crippen LogP contribution in [0.15, 0.2) is 0 Å². The van der Waals surface area contributed by atoms with Crippen LogP contribution in [0, 0.1) is 0 Å². The van der Waals surface area contributed by atoms with Crippen LogP contribution in [0.25, 0.3) is 0 Å². The maximum atomic E-state index is 11.5. The molecule has 1 atom stereocenters. The highest BCUT2D eigenvalue weighted by molar-refractivity contribution is 7.91. The lowest BCUT2D eigenvalue weighted by Gasteiger charge is -2.23. The summed E-state index contributed by atoms with van der Waals surface area (Å²) < 4.78 is 27.4. The van der Waals surface area contributed by atoms with Gasteiger partial charge in [-0.1, -0.05) is 0 Å². The zero-order chi connectivity index (χ0) is 14.5. The number of amides is 2. The van der Waals surface area contributed by atoms with Crippen molar-refractivity contribution in [3.63, 3.8) is 0 Å². The molecule has 9 heteroatoms. The van der Waals surface area contributed by atoms with Crippen molar-refractivity contribution in [3.05, 3.63) is 0 Å². The molecule has 1 unspecified atom stereocenters. The molecule has 0 aromatic rings. The van der Waals surface area contributed by atoms with Crippen molar-refractivity contribution < 1.29 is 27.9 Å². The van der Waals surface area contributed by atoms with Gasteiger partial charge in [-0.05, 0) is 13.3 Å². The molecule has 0 saturated carbocycles. The fourth-order valence-corrected chi connectivity index (χ4v) is 3.92. The topological polar surface area (TPSA) is 122 Å². The van der Waals surface area contributed by atoms with Gasteiger partial charge >= 0.3 is 12.0 Å². The standard InChI is InChI=1S/C10H18N2O6S/c1-10(2-5-19(16,17)7-10)12-9(15)11-3-4-18-6-8(13)14/h2-7H2,1H3,(H,13,14)(H2,11,12,15). The van der Waals surface area contributed by atoms with Gasteiger partial charge in [0.2, 0.25) is 0 Å². The van der Waals surface area contributed by atoms with E-state index in [-0.39, 0.29) is 24.7 Å². The lowest BCUT2D eigenvalue weighted by atomic mass is 10.0. The number of ether oxygens (including phenoxy) is 1. The van der Waals surface area contributed by atoms with Gasteiger partial charge in [-0.25, -0.2) is 18.0 Å². The fraction of sp³-hybridized carbons (Fsp3) is 0.800. The minimum absolute atomic E-state index is 0.0665. The Bertz CT molecular complexity index is 449. The Balaban J connectivity index is 2.23. The van der Waals surface area contributed by atoms with E-state index < -0.39 is 34.0 Å². The highest BCUT2D eigenvalue weighted by Gasteiger charge is 2.39. The Kier molecular flexibility index (Phi) is 5.12. The number of carboxylic acid groups (broad SMARTS) is 1. The third kappa shape index (κ3) is 5.88. The summed E-state index contributed by atoms with van der Waals surface area (Å²) >= 11 is 0. The first-order valence-corrected chi connectivity index (χ1v) is 7.61. The normalized spacial score (nSPS) is 24.9. The van der Waals surface area contributed by atoms with Crippen LogP contribution in [0.1, 0.15) is 13.3 Å². The predicted molar refractivity (Wildman–Crippen MR) is 66.7 cm³/mol. The van der Waals surface area contributed by atoms with E-state index in [1.807, 2.05) is 0 Å². The Hall–Kier alpha value is -1.35. The van der Waals surface area contributed by atoms with Gasteiger partial charge in [0.05, 0.1) is 23.7 Å². The lowest BCUT2D eigenvalue weighted by molar-refractivity contribution is -0.142. The van der Waals surface area contributed by atoms with Crippen molar-refractivity contribution in [3.8, 4) is 0 Å². The van der Waals surface area contributed by atoms with Crippen molar-refractivity contribution >= 4 is 21.8 Å². The average molecular weight is 294 g/mol. The molecule has 0 spiro atoms. The quantitative estimate of drug-likeness (QED) is 0.538. The Morgan fingerprint density at radius 2 is 2.11 bits per heavy atom. The van der Waals surface area contributed by atoms with Crippen molar-refractivity contribution in [1.29, 1.82) is 0 Å². The van der Waals surface area contributed by atoms with Crippen LogP contribution in [0.4, 0.5) is 4.79 Å². The summed E-state index contributed by atoms with van der Waals surface area (Å²) in [5.74, 6) is -1.07. The SMILES string of the molecule is CC1(NC(=O)NCCOCC(=O)O)CCS(=O)(=O)C1. The van der Waals surface area contributed by atoms with E-state index >= 15 is 0 Å². The van der Waals surface area contributed by atoms with Crippen molar-refractivity contribution in [1.82, 2.24) is 10.6 Å². The molecule has 19 heavy (non-hydrogen) atoms. The van der Waals surface area contributed by atoms with E-state index in [9.17, 15) is 18.0 Å². The van der Waals surface area contributed by atoms with E-state index in [2.05, 4.69) is 10.6 Å². The van der Waals surface area contributed by atoms with Gasteiger partial charge in [-0.15, -0.1) is 0 Å². The van der Waals surface area contributed by atoms with Gasteiger partial charge < -0.3 is 20.5 Å². The maximum Gasteiger partial charge on any atom is 0.329 e. The molecular formula is C10H18N2O6S. The summed E-state index contributed by atoms with van der Waals surface area (Å²) in [5, 5.41) is 13.4. The van der Waals surface area contributed by atoms with Gasteiger partial charge in [-0.2, -0.15) is 0 Å². The molecule has 2 amide bonds. The number of hydrogen-bond donors (Lipinski definition) is 3. The molecular weight excluding hydrogens is 276 g/mol. The highest BCUT2D eigenvalue weighted by atomic mass is 32.2. The van der Waals surface area contributed by atoms with Crippen LogP contribution in [0.2, 0.25) is 0 Å². The van der Waals surface area contributed by atoms with E-state index in [4.69, 9.17) is 9.84 Å². The number of carbonyl (C=O) groups is 2. The third-order valence-corrected chi connectivity index (χ3v) is 4.58. The minimum atomic E-state index is -3.07. The predicted octanol–water partition coefficient (Wildman–Crippen LogP) is -1.04.